The molecule has 1 aromatic heterocycles. The molecule has 2 amide bonds. The lowest BCUT2D eigenvalue weighted by atomic mass is 9.89. The smallest absolute Gasteiger partial charge is 0.258 e. The number of aromatic nitrogens is 1. The van der Waals surface area contributed by atoms with Crippen LogP contribution in [0.1, 0.15) is 58.4 Å². The first kappa shape index (κ1) is 23.6. The van der Waals surface area contributed by atoms with Gasteiger partial charge in [-0.2, -0.15) is 0 Å². The minimum atomic E-state index is -0.523. The minimum Gasteiger partial charge on any atom is -0.497 e. The van der Waals surface area contributed by atoms with E-state index in [0.29, 0.717) is 25.4 Å². The monoisotopic (exact) mass is 439 g/mol. The summed E-state index contributed by atoms with van der Waals surface area (Å²) < 4.78 is 7.01. The Hall–Kier alpha value is -3.09. The maximum atomic E-state index is 13.0. The third kappa shape index (κ3) is 5.99. The Labute approximate surface area is 189 Å². The fourth-order valence-corrected chi connectivity index (χ4v) is 4.17. The summed E-state index contributed by atoms with van der Waals surface area (Å²) in [5, 5.41) is 2.83. The molecule has 1 fully saturated rings. The van der Waals surface area contributed by atoms with Crippen molar-refractivity contribution in [3.8, 4) is 5.75 Å². The van der Waals surface area contributed by atoms with E-state index in [2.05, 4.69) is 5.32 Å². The van der Waals surface area contributed by atoms with Crippen molar-refractivity contribution < 1.29 is 14.3 Å². The molecule has 172 valence electrons. The molecule has 0 bridgehead atoms. The molecular weight excluding hydrogens is 406 g/mol. The lowest BCUT2D eigenvalue weighted by Crippen LogP contribution is -2.36. The van der Waals surface area contributed by atoms with E-state index in [0.717, 1.165) is 24.2 Å². The van der Waals surface area contributed by atoms with Gasteiger partial charge in [-0.25, -0.2) is 0 Å². The zero-order valence-electron chi connectivity index (χ0n) is 19.2. The Morgan fingerprint density at radius 1 is 1.06 bits per heavy atom. The average Bonchev–Trinajstić information content (AvgIpc) is 2.80. The number of rotatable bonds is 8. The molecule has 1 aliphatic carbocycles. The Morgan fingerprint density at radius 2 is 1.72 bits per heavy atom. The lowest BCUT2D eigenvalue weighted by molar-refractivity contribution is 0.0825. The maximum Gasteiger partial charge on any atom is 0.258 e. The van der Waals surface area contributed by atoms with Crippen molar-refractivity contribution >= 4 is 11.8 Å². The molecule has 2 aromatic rings. The van der Waals surface area contributed by atoms with Gasteiger partial charge in [0.15, 0.2) is 0 Å². The van der Waals surface area contributed by atoms with E-state index in [1.807, 2.05) is 28.8 Å². The Morgan fingerprint density at radius 3 is 2.34 bits per heavy atom. The normalized spacial score (nSPS) is 14.1. The second-order valence-electron chi connectivity index (χ2n) is 8.67. The summed E-state index contributed by atoms with van der Waals surface area (Å²) in [6.45, 7) is 1.10. The lowest BCUT2D eigenvalue weighted by Gasteiger charge is -2.23. The third-order valence-corrected chi connectivity index (χ3v) is 6.01. The molecule has 0 atom stereocenters. The van der Waals surface area contributed by atoms with E-state index in [9.17, 15) is 14.4 Å². The SMILES string of the molecule is COc1ccc(CCNC(=O)c2cn(CC3CCCCC3)cc(C(=O)N(C)C)c2=O)cc1. The first-order chi connectivity index (χ1) is 15.4. The number of benzene rings is 1. The van der Waals surface area contributed by atoms with Crippen molar-refractivity contribution in [3.63, 3.8) is 0 Å². The van der Waals surface area contributed by atoms with Gasteiger partial charge in [0.05, 0.1) is 7.11 Å². The quantitative estimate of drug-likeness (QED) is 0.685. The first-order valence-electron chi connectivity index (χ1n) is 11.3. The molecule has 1 N–H and O–H groups in total. The second-order valence-corrected chi connectivity index (χ2v) is 8.67. The van der Waals surface area contributed by atoms with Crippen LogP contribution in [0.5, 0.6) is 5.75 Å². The summed E-state index contributed by atoms with van der Waals surface area (Å²) >= 11 is 0. The van der Waals surface area contributed by atoms with Crippen molar-refractivity contribution in [2.24, 2.45) is 5.92 Å². The van der Waals surface area contributed by atoms with E-state index < -0.39 is 11.3 Å². The van der Waals surface area contributed by atoms with Gasteiger partial charge >= 0.3 is 0 Å². The molecule has 1 aliphatic rings. The van der Waals surface area contributed by atoms with Crippen LogP contribution in [-0.4, -0.2) is 49.0 Å². The van der Waals surface area contributed by atoms with Gasteiger partial charge in [0.1, 0.15) is 16.9 Å². The topological polar surface area (TPSA) is 80.6 Å². The second kappa shape index (κ2) is 11.0. The van der Waals surface area contributed by atoms with Gasteiger partial charge in [0.25, 0.3) is 11.8 Å². The van der Waals surface area contributed by atoms with Gasteiger partial charge in [-0.3, -0.25) is 14.4 Å². The number of methoxy groups -OCH3 is 1. The molecule has 1 saturated carbocycles. The Balaban J connectivity index is 1.76. The average molecular weight is 440 g/mol. The summed E-state index contributed by atoms with van der Waals surface area (Å²) in [4.78, 5) is 39.8. The van der Waals surface area contributed by atoms with Crippen molar-refractivity contribution in [3.05, 3.63) is 63.6 Å². The molecule has 0 radical (unpaired) electrons. The van der Waals surface area contributed by atoms with Gasteiger partial charge in [0, 0.05) is 39.6 Å². The third-order valence-electron chi connectivity index (χ3n) is 6.01. The highest BCUT2D eigenvalue weighted by Crippen LogP contribution is 2.25. The van der Waals surface area contributed by atoms with E-state index >= 15 is 0 Å². The van der Waals surface area contributed by atoms with Crippen LogP contribution in [0.15, 0.2) is 41.5 Å². The maximum absolute atomic E-state index is 13.0. The molecule has 1 heterocycles. The molecule has 7 nitrogen and oxygen atoms in total. The summed E-state index contributed by atoms with van der Waals surface area (Å²) in [5.41, 5.74) is 0.583. The van der Waals surface area contributed by atoms with Crippen molar-refractivity contribution in [1.82, 2.24) is 14.8 Å². The number of hydrogen-bond donors (Lipinski definition) is 1. The summed E-state index contributed by atoms with van der Waals surface area (Å²) in [5.74, 6) is 0.438. The number of nitrogens with one attached hydrogen (secondary N) is 1. The Kier molecular flexibility index (Phi) is 8.09. The Bertz CT molecular complexity index is 989. The largest absolute Gasteiger partial charge is 0.497 e. The van der Waals surface area contributed by atoms with Crippen molar-refractivity contribution in [2.45, 2.75) is 45.1 Å². The van der Waals surface area contributed by atoms with Gasteiger partial charge < -0.3 is 19.5 Å². The molecule has 0 aliphatic heterocycles. The number of nitrogens with zero attached hydrogens (tertiary/aromatic N) is 2. The molecule has 1 aromatic carbocycles. The van der Waals surface area contributed by atoms with Crippen LogP contribution in [0.2, 0.25) is 0 Å². The molecule has 7 heteroatoms. The first-order valence-corrected chi connectivity index (χ1v) is 11.3. The summed E-state index contributed by atoms with van der Waals surface area (Å²) in [6.07, 6.45) is 9.76. The van der Waals surface area contributed by atoms with Crippen LogP contribution in [0.4, 0.5) is 0 Å². The molecular formula is C25H33N3O4. The van der Waals surface area contributed by atoms with E-state index in [1.165, 1.54) is 24.2 Å². The molecule has 32 heavy (non-hydrogen) atoms. The minimum absolute atomic E-state index is 0.0169. The highest BCUT2D eigenvalue weighted by molar-refractivity contribution is 5.99. The summed E-state index contributed by atoms with van der Waals surface area (Å²) in [7, 11) is 4.83. The van der Waals surface area contributed by atoms with Crippen LogP contribution in [0.25, 0.3) is 0 Å². The molecule has 3 rings (SSSR count). The highest BCUT2D eigenvalue weighted by Gasteiger charge is 2.22. The van der Waals surface area contributed by atoms with E-state index in [4.69, 9.17) is 4.74 Å². The van der Waals surface area contributed by atoms with Gasteiger partial charge in [0.2, 0.25) is 5.43 Å². The standard InChI is InChI=1S/C25H33N3O4/c1-27(2)25(31)22-17-28(15-19-7-5-4-6-8-19)16-21(23(22)29)24(30)26-14-13-18-9-11-20(32-3)12-10-18/h9-12,16-17,19H,4-8,13-15H2,1-3H3,(H,26,30). The summed E-state index contributed by atoms with van der Waals surface area (Å²) in [6, 6.07) is 7.63. The predicted octanol–water partition coefficient (Wildman–Crippen LogP) is 3.11. The number of carbonyl (C=O) groups is 2. The van der Waals surface area contributed by atoms with Crippen molar-refractivity contribution in [2.75, 3.05) is 27.7 Å². The van der Waals surface area contributed by atoms with E-state index in [1.54, 1.807) is 33.6 Å². The van der Waals surface area contributed by atoms with Gasteiger partial charge in [-0.05, 0) is 42.9 Å². The molecule has 0 saturated heterocycles. The van der Waals surface area contributed by atoms with Crippen LogP contribution in [0.3, 0.4) is 0 Å². The van der Waals surface area contributed by atoms with Crippen LogP contribution >= 0.6 is 0 Å². The van der Waals surface area contributed by atoms with Crippen LogP contribution in [0, 0.1) is 5.92 Å². The highest BCUT2D eigenvalue weighted by atomic mass is 16.5. The van der Waals surface area contributed by atoms with E-state index in [-0.39, 0.29) is 17.0 Å². The number of ether oxygens (including phenoxy) is 1. The molecule has 0 spiro atoms. The van der Waals surface area contributed by atoms with Crippen molar-refractivity contribution in [1.29, 1.82) is 0 Å². The number of hydrogen-bond acceptors (Lipinski definition) is 4. The predicted molar refractivity (Wildman–Crippen MR) is 124 cm³/mol. The van der Waals surface area contributed by atoms with Gasteiger partial charge in [-0.15, -0.1) is 0 Å². The van der Waals surface area contributed by atoms with Crippen LogP contribution < -0.4 is 15.5 Å². The zero-order chi connectivity index (χ0) is 23.1. The molecule has 0 unspecified atom stereocenters. The number of carbonyl (C=O) groups excluding carboxylic acids is 2. The van der Waals surface area contributed by atoms with Gasteiger partial charge in [-0.1, -0.05) is 31.4 Å². The number of amides is 2. The fraction of sp³-hybridized carbons (Fsp3) is 0.480. The zero-order valence-corrected chi connectivity index (χ0v) is 19.2. The van der Waals surface area contributed by atoms with Crippen LogP contribution in [-0.2, 0) is 13.0 Å². The fourth-order valence-electron chi connectivity index (χ4n) is 4.17. The number of pyridine rings is 1.